The molecule has 0 N–H and O–H groups in total. The summed E-state index contributed by atoms with van der Waals surface area (Å²) in [5.41, 5.74) is 2.61. The Morgan fingerprint density at radius 3 is 2.85 bits per heavy atom. The van der Waals surface area contributed by atoms with E-state index in [1.165, 1.54) is 6.33 Å². The maximum atomic E-state index is 16.0. The topological polar surface area (TPSA) is 74.5 Å². The van der Waals surface area contributed by atoms with Gasteiger partial charge >= 0.3 is 0 Å². The Bertz CT molecular complexity index is 1180. The van der Waals surface area contributed by atoms with E-state index in [-0.39, 0.29) is 6.04 Å². The Balaban J connectivity index is 1.27. The van der Waals surface area contributed by atoms with E-state index in [2.05, 4.69) is 38.7 Å². The molecule has 0 saturated carbocycles. The second kappa shape index (κ2) is 8.57. The van der Waals surface area contributed by atoms with Gasteiger partial charge in [-0.1, -0.05) is 37.3 Å². The minimum atomic E-state index is -1.42. The van der Waals surface area contributed by atoms with Gasteiger partial charge < -0.3 is 13.8 Å². The van der Waals surface area contributed by atoms with Crippen molar-refractivity contribution in [2.75, 3.05) is 6.54 Å². The largest absolute Gasteiger partial charge is 0.349 e. The van der Waals surface area contributed by atoms with Gasteiger partial charge in [0, 0.05) is 6.54 Å². The van der Waals surface area contributed by atoms with Gasteiger partial charge in [-0.2, -0.15) is 0 Å². The third-order valence-corrected chi connectivity index (χ3v) is 9.24. The van der Waals surface area contributed by atoms with Crippen molar-refractivity contribution in [2.45, 2.75) is 76.3 Å². The van der Waals surface area contributed by atoms with Crippen LogP contribution in [0.15, 0.2) is 43.0 Å². The standard InChI is InChI=1S/C24H29FN5O3P/c1-4-17-21(19(25)23(31-17)29-14-28-20-15(2)26-13-27-22(20)29)32-34-30-12-8-11-18(30)24(3,33-34)16-9-6-5-7-10-16/h5-7,9-10,13-14,17-19,21,23H,4,8,11-12H2,1-3H3/t17-,18-,19+,21?,23-,24+,34-/m1/s1. The number of hydrogen-bond donors (Lipinski definition) is 0. The molecular formula is C24H29FN5O3P. The van der Waals surface area contributed by atoms with E-state index < -0.39 is 38.7 Å². The predicted octanol–water partition coefficient (Wildman–Crippen LogP) is 4.80. The molecule has 3 saturated heterocycles. The van der Waals surface area contributed by atoms with Gasteiger partial charge in [-0.25, -0.2) is 24.0 Å². The Morgan fingerprint density at radius 1 is 1.24 bits per heavy atom. The van der Waals surface area contributed by atoms with Crippen LogP contribution in [0.2, 0.25) is 0 Å². The second-order valence-corrected chi connectivity index (χ2v) is 10.8. The molecule has 180 valence electrons. The van der Waals surface area contributed by atoms with Crippen LogP contribution in [0.4, 0.5) is 4.39 Å². The van der Waals surface area contributed by atoms with Crippen LogP contribution in [0.3, 0.4) is 0 Å². The summed E-state index contributed by atoms with van der Waals surface area (Å²) in [6.45, 7) is 6.88. The molecule has 0 bridgehead atoms. The van der Waals surface area contributed by atoms with E-state index in [1.54, 1.807) is 10.9 Å². The first-order chi connectivity index (χ1) is 16.5. The fourth-order valence-electron chi connectivity index (χ4n) is 5.51. The lowest BCUT2D eigenvalue weighted by Gasteiger charge is -2.29. The Labute approximate surface area is 199 Å². The third-order valence-electron chi connectivity index (χ3n) is 7.38. The lowest BCUT2D eigenvalue weighted by Crippen LogP contribution is -2.36. The lowest BCUT2D eigenvalue weighted by molar-refractivity contribution is -0.0228. The van der Waals surface area contributed by atoms with Gasteiger partial charge in [-0.05, 0) is 38.7 Å². The molecule has 2 aromatic heterocycles. The van der Waals surface area contributed by atoms with E-state index in [1.807, 2.05) is 32.0 Å². The van der Waals surface area contributed by atoms with Crippen molar-refractivity contribution in [1.29, 1.82) is 0 Å². The van der Waals surface area contributed by atoms with Gasteiger partial charge in [-0.15, -0.1) is 0 Å². The summed E-state index contributed by atoms with van der Waals surface area (Å²) in [5.74, 6) is 0. The highest BCUT2D eigenvalue weighted by Crippen LogP contribution is 2.64. The van der Waals surface area contributed by atoms with Gasteiger partial charge in [0.05, 0.1) is 24.2 Å². The number of imidazole rings is 1. The van der Waals surface area contributed by atoms with Crippen molar-refractivity contribution in [1.82, 2.24) is 24.2 Å². The zero-order valence-electron chi connectivity index (χ0n) is 19.5. The summed E-state index contributed by atoms with van der Waals surface area (Å²) in [6, 6.07) is 10.5. The fraction of sp³-hybridized carbons (Fsp3) is 0.542. The number of ether oxygens (including phenoxy) is 1. The third kappa shape index (κ3) is 3.40. The minimum absolute atomic E-state index is 0.217. The molecule has 8 nitrogen and oxygen atoms in total. The fourth-order valence-corrected chi connectivity index (χ4v) is 7.66. The lowest BCUT2D eigenvalue weighted by atomic mass is 9.87. The maximum Gasteiger partial charge on any atom is 0.260 e. The first-order valence-electron chi connectivity index (χ1n) is 11.9. The molecule has 1 aromatic carbocycles. The van der Waals surface area contributed by atoms with E-state index in [4.69, 9.17) is 13.8 Å². The highest BCUT2D eigenvalue weighted by molar-refractivity contribution is 7.45. The smallest absolute Gasteiger partial charge is 0.260 e. The highest BCUT2D eigenvalue weighted by atomic mass is 31.2. The molecule has 0 amide bonds. The molecule has 1 unspecified atom stereocenters. The van der Waals surface area contributed by atoms with Crippen LogP contribution in [0.1, 0.15) is 50.6 Å². The summed E-state index contributed by atoms with van der Waals surface area (Å²) in [5, 5.41) is 0. The molecule has 0 aliphatic carbocycles. The first-order valence-corrected chi connectivity index (χ1v) is 13.1. The molecule has 5 heterocycles. The van der Waals surface area contributed by atoms with E-state index >= 15 is 4.39 Å². The summed E-state index contributed by atoms with van der Waals surface area (Å²) in [4.78, 5) is 12.9. The zero-order valence-corrected chi connectivity index (χ0v) is 20.4. The van der Waals surface area contributed by atoms with E-state index in [9.17, 15) is 0 Å². The number of aryl methyl sites for hydroxylation is 1. The Kier molecular flexibility index (Phi) is 5.66. The number of benzene rings is 1. The SMILES string of the molecule is CC[C@H]1O[C@@H](n2cnc3c(C)ncnc32)[C@@H](F)C1O[P@]1O[C@@](C)(c2ccccc2)[C@H]2CCCN21. The van der Waals surface area contributed by atoms with Gasteiger partial charge in [0.15, 0.2) is 18.0 Å². The minimum Gasteiger partial charge on any atom is -0.349 e. The van der Waals surface area contributed by atoms with Crippen LogP contribution in [-0.4, -0.2) is 55.2 Å². The van der Waals surface area contributed by atoms with Crippen LogP contribution in [0, 0.1) is 6.92 Å². The molecule has 3 aliphatic heterocycles. The van der Waals surface area contributed by atoms with Crippen LogP contribution in [-0.2, 0) is 19.4 Å². The molecule has 0 radical (unpaired) electrons. The van der Waals surface area contributed by atoms with Gasteiger partial charge in [-0.3, -0.25) is 4.57 Å². The van der Waals surface area contributed by atoms with Crippen molar-refractivity contribution in [3.05, 3.63) is 54.2 Å². The number of alkyl halides is 1. The molecule has 3 aromatic rings. The van der Waals surface area contributed by atoms with E-state index in [0.717, 1.165) is 30.6 Å². The number of nitrogens with zero attached hydrogens (tertiary/aromatic N) is 5. The van der Waals surface area contributed by atoms with Crippen molar-refractivity contribution >= 4 is 19.7 Å². The number of hydrogen-bond acceptors (Lipinski definition) is 7. The zero-order chi connectivity index (χ0) is 23.4. The normalized spacial score (nSPS) is 35.9. The molecule has 34 heavy (non-hydrogen) atoms. The molecule has 0 spiro atoms. The summed E-state index contributed by atoms with van der Waals surface area (Å²) in [6.07, 6.45) is 2.43. The summed E-state index contributed by atoms with van der Waals surface area (Å²) >= 11 is 0. The van der Waals surface area contributed by atoms with E-state index in [0.29, 0.717) is 17.6 Å². The van der Waals surface area contributed by atoms with Crippen molar-refractivity contribution in [3.63, 3.8) is 0 Å². The number of rotatable bonds is 5. The number of fused-ring (bicyclic) bond motifs is 2. The first kappa shape index (κ1) is 22.4. The van der Waals surface area contributed by atoms with Crippen molar-refractivity contribution in [2.24, 2.45) is 0 Å². The van der Waals surface area contributed by atoms with Crippen LogP contribution >= 0.6 is 8.53 Å². The average Bonchev–Trinajstić information content (AvgIpc) is 3.61. The molecule has 3 aliphatic rings. The summed E-state index contributed by atoms with van der Waals surface area (Å²) in [7, 11) is -1.42. The van der Waals surface area contributed by atoms with Crippen LogP contribution < -0.4 is 0 Å². The monoisotopic (exact) mass is 485 g/mol. The molecule has 7 atom stereocenters. The Hall–Kier alpha value is -2.03. The van der Waals surface area contributed by atoms with Crippen molar-refractivity contribution in [3.8, 4) is 0 Å². The second-order valence-electron chi connectivity index (χ2n) is 9.39. The van der Waals surface area contributed by atoms with Crippen LogP contribution in [0.25, 0.3) is 11.2 Å². The van der Waals surface area contributed by atoms with Gasteiger partial charge in [0.2, 0.25) is 0 Å². The highest BCUT2D eigenvalue weighted by Gasteiger charge is 2.57. The number of halogens is 1. The van der Waals surface area contributed by atoms with Crippen molar-refractivity contribution < 1.29 is 18.2 Å². The number of aromatic nitrogens is 4. The summed E-state index contributed by atoms with van der Waals surface area (Å²) < 4.78 is 39.2. The van der Waals surface area contributed by atoms with Crippen LogP contribution in [0.5, 0.6) is 0 Å². The van der Waals surface area contributed by atoms with Gasteiger partial charge in [0.25, 0.3) is 8.53 Å². The predicted molar refractivity (Wildman–Crippen MR) is 126 cm³/mol. The maximum absolute atomic E-state index is 16.0. The molecule has 10 heteroatoms. The quantitative estimate of drug-likeness (QED) is 0.481. The average molecular weight is 486 g/mol. The molecular weight excluding hydrogens is 456 g/mol. The molecule has 6 rings (SSSR count). The molecule has 3 fully saturated rings. The van der Waals surface area contributed by atoms with Gasteiger partial charge in [0.1, 0.15) is 23.5 Å². The Morgan fingerprint density at radius 2 is 2.06 bits per heavy atom.